The summed E-state index contributed by atoms with van der Waals surface area (Å²) >= 11 is 1.24. The number of hydrogen-bond donors (Lipinski definition) is 2. The maximum absolute atomic E-state index is 12.3. The SMILES string of the molecule is COc1cccc(CNC(=O)CSc2nc3cc(C)[nH]c3c(=O)n2C)c1. The van der Waals surface area contributed by atoms with Crippen molar-refractivity contribution in [2.24, 2.45) is 7.05 Å². The summed E-state index contributed by atoms with van der Waals surface area (Å²) in [5, 5.41) is 3.37. The number of amides is 1. The Morgan fingerprint density at radius 3 is 2.96 bits per heavy atom. The summed E-state index contributed by atoms with van der Waals surface area (Å²) < 4.78 is 6.62. The molecule has 2 heterocycles. The maximum atomic E-state index is 12.3. The van der Waals surface area contributed by atoms with E-state index in [1.807, 2.05) is 37.3 Å². The van der Waals surface area contributed by atoms with Crippen molar-refractivity contribution in [1.29, 1.82) is 0 Å². The summed E-state index contributed by atoms with van der Waals surface area (Å²) in [7, 11) is 3.26. The van der Waals surface area contributed by atoms with Crippen LogP contribution in [-0.2, 0) is 18.4 Å². The standard InChI is InChI=1S/C18H20N4O3S/c1-11-7-14-16(20-11)17(24)22(2)18(21-14)26-10-15(23)19-9-12-5-4-6-13(8-12)25-3/h4-8,20H,9-10H2,1-3H3,(H,19,23). The molecule has 0 radical (unpaired) electrons. The molecule has 0 spiro atoms. The highest BCUT2D eigenvalue weighted by atomic mass is 32.2. The Morgan fingerprint density at radius 2 is 2.19 bits per heavy atom. The molecular formula is C18H20N4O3S. The summed E-state index contributed by atoms with van der Waals surface area (Å²) in [5.41, 5.74) is 2.78. The molecule has 0 unspecified atom stereocenters. The molecule has 0 atom stereocenters. The van der Waals surface area contributed by atoms with Crippen molar-refractivity contribution in [2.75, 3.05) is 12.9 Å². The number of rotatable bonds is 6. The van der Waals surface area contributed by atoms with Crippen LogP contribution in [0.5, 0.6) is 5.75 Å². The van der Waals surface area contributed by atoms with E-state index < -0.39 is 0 Å². The van der Waals surface area contributed by atoms with Gasteiger partial charge >= 0.3 is 0 Å². The molecule has 8 heteroatoms. The average molecular weight is 372 g/mol. The largest absolute Gasteiger partial charge is 0.497 e. The number of thioether (sulfide) groups is 1. The third kappa shape index (κ3) is 3.91. The van der Waals surface area contributed by atoms with Crippen molar-refractivity contribution in [3.8, 4) is 5.75 Å². The van der Waals surface area contributed by atoms with E-state index in [1.165, 1.54) is 16.3 Å². The molecule has 0 saturated carbocycles. The van der Waals surface area contributed by atoms with E-state index in [0.29, 0.717) is 22.7 Å². The minimum absolute atomic E-state index is 0.127. The Morgan fingerprint density at radius 1 is 1.38 bits per heavy atom. The van der Waals surface area contributed by atoms with Crippen LogP contribution in [0.15, 0.2) is 40.3 Å². The Bertz CT molecular complexity index is 1010. The molecule has 0 saturated heterocycles. The predicted molar refractivity (Wildman–Crippen MR) is 102 cm³/mol. The number of aromatic nitrogens is 3. The second kappa shape index (κ2) is 7.65. The van der Waals surface area contributed by atoms with Crippen molar-refractivity contribution >= 4 is 28.7 Å². The highest BCUT2D eigenvalue weighted by molar-refractivity contribution is 7.99. The first-order chi connectivity index (χ1) is 12.5. The predicted octanol–water partition coefficient (Wildman–Crippen LogP) is 1.99. The molecule has 0 aliphatic rings. The first kappa shape index (κ1) is 18.1. The number of fused-ring (bicyclic) bond motifs is 1. The summed E-state index contributed by atoms with van der Waals surface area (Å²) in [6.07, 6.45) is 0. The molecule has 0 aliphatic heterocycles. The van der Waals surface area contributed by atoms with Gasteiger partial charge in [-0.3, -0.25) is 14.2 Å². The van der Waals surface area contributed by atoms with Gasteiger partial charge < -0.3 is 15.0 Å². The van der Waals surface area contributed by atoms with E-state index >= 15 is 0 Å². The van der Waals surface area contributed by atoms with Crippen molar-refractivity contribution in [2.45, 2.75) is 18.6 Å². The van der Waals surface area contributed by atoms with Gasteiger partial charge in [0.1, 0.15) is 11.3 Å². The Hall–Kier alpha value is -2.74. The van der Waals surface area contributed by atoms with Gasteiger partial charge in [0.15, 0.2) is 5.16 Å². The molecule has 1 amide bonds. The van der Waals surface area contributed by atoms with Gasteiger partial charge in [0, 0.05) is 19.3 Å². The zero-order valence-corrected chi connectivity index (χ0v) is 15.6. The number of ether oxygens (including phenoxy) is 1. The Balaban J connectivity index is 1.63. The fourth-order valence-electron chi connectivity index (χ4n) is 2.55. The third-order valence-corrected chi connectivity index (χ3v) is 4.94. The number of H-pyrrole nitrogens is 1. The van der Waals surface area contributed by atoms with Gasteiger partial charge in [0.2, 0.25) is 5.91 Å². The molecule has 7 nitrogen and oxygen atoms in total. The molecule has 136 valence electrons. The zero-order valence-electron chi connectivity index (χ0n) is 14.8. The van der Waals surface area contributed by atoms with Crippen LogP contribution in [0.25, 0.3) is 11.0 Å². The lowest BCUT2D eigenvalue weighted by atomic mass is 10.2. The molecule has 2 aromatic heterocycles. The van der Waals surface area contributed by atoms with Gasteiger partial charge in [0.05, 0.1) is 18.4 Å². The fourth-order valence-corrected chi connectivity index (χ4v) is 3.35. The molecular weight excluding hydrogens is 352 g/mol. The van der Waals surface area contributed by atoms with E-state index in [0.717, 1.165) is 17.0 Å². The number of carbonyl (C=O) groups is 1. The second-order valence-corrected chi connectivity index (χ2v) is 6.83. The van der Waals surface area contributed by atoms with Crippen LogP contribution in [0.3, 0.4) is 0 Å². The zero-order chi connectivity index (χ0) is 18.7. The van der Waals surface area contributed by atoms with Crippen LogP contribution in [0.1, 0.15) is 11.3 Å². The van der Waals surface area contributed by atoms with Crippen LogP contribution in [0, 0.1) is 6.92 Å². The van der Waals surface area contributed by atoms with Crippen molar-refractivity contribution in [3.05, 3.63) is 51.9 Å². The topological polar surface area (TPSA) is 89.0 Å². The van der Waals surface area contributed by atoms with E-state index in [1.54, 1.807) is 14.2 Å². The molecule has 2 N–H and O–H groups in total. The van der Waals surface area contributed by atoms with Gasteiger partial charge in [-0.25, -0.2) is 4.98 Å². The quantitative estimate of drug-likeness (QED) is 0.510. The molecule has 0 aliphatic carbocycles. The Kier molecular flexibility index (Phi) is 5.32. The lowest BCUT2D eigenvalue weighted by Crippen LogP contribution is -2.26. The maximum Gasteiger partial charge on any atom is 0.278 e. The van der Waals surface area contributed by atoms with E-state index in [4.69, 9.17) is 4.74 Å². The van der Waals surface area contributed by atoms with E-state index in [9.17, 15) is 9.59 Å². The molecule has 3 rings (SSSR count). The van der Waals surface area contributed by atoms with Crippen LogP contribution >= 0.6 is 11.8 Å². The van der Waals surface area contributed by atoms with Gasteiger partial charge in [-0.1, -0.05) is 23.9 Å². The van der Waals surface area contributed by atoms with E-state index in [2.05, 4.69) is 15.3 Å². The Labute approximate surface area is 154 Å². The third-order valence-electron chi connectivity index (χ3n) is 3.91. The van der Waals surface area contributed by atoms with Gasteiger partial charge in [-0.15, -0.1) is 0 Å². The molecule has 3 aromatic rings. The van der Waals surface area contributed by atoms with Crippen molar-refractivity contribution in [3.63, 3.8) is 0 Å². The van der Waals surface area contributed by atoms with Crippen molar-refractivity contribution < 1.29 is 9.53 Å². The normalized spacial score (nSPS) is 10.9. The highest BCUT2D eigenvalue weighted by Crippen LogP contribution is 2.17. The fraction of sp³-hybridized carbons (Fsp3) is 0.278. The first-order valence-electron chi connectivity index (χ1n) is 8.06. The van der Waals surface area contributed by atoms with Gasteiger partial charge in [0.25, 0.3) is 5.56 Å². The smallest absolute Gasteiger partial charge is 0.278 e. The number of hydrogen-bond acceptors (Lipinski definition) is 5. The molecule has 26 heavy (non-hydrogen) atoms. The number of methoxy groups -OCH3 is 1. The number of carbonyl (C=O) groups excluding carboxylic acids is 1. The lowest BCUT2D eigenvalue weighted by Gasteiger charge is -2.08. The van der Waals surface area contributed by atoms with Crippen molar-refractivity contribution in [1.82, 2.24) is 19.9 Å². The van der Waals surface area contributed by atoms with Crippen LogP contribution in [0.2, 0.25) is 0 Å². The molecule has 0 fully saturated rings. The number of aryl methyl sites for hydroxylation is 1. The van der Waals surface area contributed by atoms with Crippen LogP contribution in [-0.4, -0.2) is 33.3 Å². The van der Waals surface area contributed by atoms with Crippen LogP contribution in [0.4, 0.5) is 0 Å². The minimum atomic E-state index is -0.151. The summed E-state index contributed by atoms with van der Waals surface area (Å²) in [4.78, 5) is 31.9. The second-order valence-electron chi connectivity index (χ2n) is 5.89. The number of benzene rings is 1. The van der Waals surface area contributed by atoms with E-state index in [-0.39, 0.29) is 17.2 Å². The number of nitrogens with one attached hydrogen (secondary N) is 2. The monoisotopic (exact) mass is 372 g/mol. The summed E-state index contributed by atoms with van der Waals surface area (Å²) in [6.45, 7) is 2.29. The highest BCUT2D eigenvalue weighted by Gasteiger charge is 2.12. The molecule has 0 bridgehead atoms. The summed E-state index contributed by atoms with van der Waals surface area (Å²) in [5.74, 6) is 0.803. The first-order valence-corrected chi connectivity index (χ1v) is 9.05. The number of aromatic amines is 1. The molecule has 1 aromatic carbocycles. The minimum Gasteiger partial charge on any atom is -0.497 e. The summed E-state index contributed by atoms with van der Waals surface area (Å²) in [6, 6.07) is 9.35. The van der Waals surface area contributed by atoms with Gasteiger partial charge in [-0.05, 0) is 30.7 Å². The van der Waals surface area contributed by atoms with Crippen LogP contribution < -0.4 is 15.6 Å². The number of nitrogens with zero attached hydrogens (tertiary/aromatic N) is 2. The average Bonchev–Trinajstić information content (AvgIpc) is 3.02. The van der Waals surface area contributed by atoms with Gasteiger partial charge in [-0.2, -0.15) is 0 Å². The lowest BCUT2D eigenvalue weighted by molar-refractivity contribution is -0.118.